The monoisotopic (exact) mass is 250 g/mol. The molecule has 1 heterocycles. The first-order valence-corrected chi connectivity index (χ1v) is 7.26. The quantitative estimate of drug-likeness (QED) is 0.754. The average molecular weight is 250 g/mol. The molecule has 2 N–H and O–H groups in total. The van der Waals surface area contributed by atoms with Crippen molar-refractivity contribution in [2.45, 2.75) is 46.0 Å². The molecular weight excluding hydrogens is 224 g/mol. The first-order valence-electron chi connectivity index (χ1n) is 7.26. The minimum Gasteiger partial charge on any atom is -0.352 e. The van der Waals surface area contributed by atoms with E-state index in [0.717, 1.165) is 32.5 Å². The van der Waals surface area contributed by atoms with Crippen molar-refractivity contribution in [3.63, 3.8) is 0 Å². The maximum Gasteiger partial charge on any atom is 0.223 e. The van der Waals surface area contributed by atoms with Crippen molar-refractivity contribution in [1.29, 1.82) is 0 Å². The van der Waals surface area contributed by atoms with Crippen LogP contribution in [0, 0.1) is 11.3 Å². The predicted molar refractivity (Wildman–Crippen MR) is 74.3 cm³/mol. The van der Waals surface area contributed by atoms with E-state index < -0.39 is 0 Å². The minimum atomic E-state index is 0.171. The van der Waals surface area contributed by atoms with Gasteiger partial charge < -0.3 is 10.6 Å². The molecule has 0 aromatic heterocycles. The van der Waals surface area contributed by atoms with Gasteiger partial charge in [-0.25, -0.2) is 0 Å². The van der Waals surface area contributed by atoms with E-state index in [-0.39, 0.29) is 17.2 Å². The van der Waals surface area contributed by atoms with Gasteiger partial charge in [-0.3, -0.25) is 4.79 Å². The number of nitrogens with one attached hydrogen (secondary N) is 2. The highest BCUT2D eigenvalue weighted by Gasteiger charge is 2.36. The Morgan fingerprint density at radius 1 is 1.50 bits per heavy atom. The van der Waals surface area contributed by atoms with Crippen molar-refractivity contribution in [3.05, 3.63) is 11.6 Å². The number of carbonyl (C=O) groups is 1. The molecule has 0 aromatic rings. The van der Waals surface area contributed by atoms with Crippen LogP contribution in [0.5, 0.6) is 0 Å². The molecule has 3 nitrogen and oxygen atoms in total. The van der Waals surface area contributed by atoms with Crippen LogP contribution in [-0.2, 0) is 4.79 Å². The maximum atomic E-state index is 12.3. The van der Waals surface area contributed by atoms with Gasteiger partial charge in [-0.15, -0.1) is 0 Å². The lowest BCUT2D eigenvalue weighted by atomic mass is 9.68. The van der Waals surface area contributed by atoms with Gasteiger partial charge in [0.25, 0.3) is 0 Å². The summed E-state index contributed by atoms with van der Waals surface area (Å²) in [6, 6.07) is 0. The number of hydrogen-bond donors (Lipinski definition) is 2. The molecule has 1 saturated carbocycles. The molecule has 0 aromatic carbocycles. The summed E-state index contributed by atoms with van der Waals surface area (Å²) in [5, 5.41) is 6.43. The van der Waals surface area contributed by atoms with E-state index >= 15 is 0 Å². The highest BCUT2D eigenvalue weighted by Crippen LogP contribution is 2.40. The van der Waals surface area contributed by atoms with E-state index in [2.05, 4.69) is 30.6 Å². The standard InChI is InChI=1S/C15H26N2O/c1-15(2)8-4-3-5-13(15)14(18)17-11-12-6-9-16-10-7-12/h6,13,16H,3-5,7-11H2,1-2H3,(H,17,18). The van der Waals surface area contributed by atoms with Crippen molar-refractivity contribution in [3.8, 4) is 0 Å². The van der Waals surface area contributed by atoms with Crippen molar-refractivity contribution in [2.24, 2.45) is 11.3 Å². The molecule has 18 heavy (non-hydrogen) atoms. The molecule has 0 saturated heterocycles. The van der Waals surface area contributed by atoms with Gasteiger partial charge in [-0.1, -0.05) is 38.3 Å². The fraction of sp³-hybridized carbons (Fsp3) is 0.800. The van der Waals surface area contributed by atoms with E-state index in [4.69, 9.17) is 0 Å². The van der Waals surface area contributed by atoms with E-state index in [1.54, 1.807) is 0 Å². The molecule has 1 amide bonds. The van der Waals surface area contributed by atoms with Crippen LogP contribution in [0.15, 0.2) is 11.6 Å². The van der Waals surface area contributed by atoms with Gasteiger partial charge in [0.1, 0.15) is 0 Å². The zero-order chi connectivity index (χ0) is 13.0. The fourth-order valence-electron chi connectivity index (χ4n) is 3.13. The highest BCUT2D eigenvalue weighted by atomic mass is 16.1. The Hall–Kier alpha value is -0.830. The third kappa shape index (κ3) is 3.35. The summed E-state index contributed by atoms with van der Waals surface area (Å²) in [6.07, 6.45) is 7.98. The normalized spacial score (nSPS) is 27.4. The summed E-state index contributed by atoms with van der Waals surface area (Å²) in [7, 11) is 0. The summed E-state index contributed by atoms with van der Waals surface area (Å²) in [5.41, 5.74) is 1.54. The van der Waals surface area contributed by atoms with E-state index in [1.807, 2.05) is 0 Å². The van der Waals surface area contributed by atoms with Crippen molar-refractivity contribution in [2.75, 3.05) is 19.6 Å². The van der Waals surface area contributed by atoms with Crippen LogP contribution in [0.4, 0.5) is 0 Å². The van der Waals surface area contributed by atoms with Gasteiger partial charge in [0.2, 0.25) is 5.91 Å². The molecule has 2 rings (SSSR count). The molecule has 1 atom stereocenters. The third-order valence-electron chi connectivity index (χ3n) is 4.47. The molecular formula is C15H26N2O. The number of rotatable bonds is 3. The van der Waals surface area contributed by atoms with Crippen LogP contribution in [0.25, 0.3) is 0 Å². The second kappa shape index (κ2) is 5.87. The van der Waals surface area contributed by atoms with Crippen molar-refractivity contribution in [1.82, 2.24) is 10.6 Å². The Morgan fingerprint density at radius 2 is 2.33 bits per heavy atom. The molecule has 0 spiro atoms. The number of amides is 1. The minimum absolute atomic E-state index is 0.171. The van der Waals surface area contributed by atoms with Gasteiger partial charge in [-0.05, 0) is 31.2 Å². The Morgan fingerprint density at radius 3 is 3.00 bits per heavy atom. The van der Waals surface area contributed by atoms with Crippen molar-refractivity contribution < 1.29 is 4.79 Å². The van der Waals surface area contributed by atoms with E-state index in [0.29, 0.717) is 0 Å². The number of carbonyl (C=O) groups excluding carboxylic acids is 1. The third-order valence-corrected chi connectivity index (χ3v) is 4.47. The zero-order valence-electron chi connectivity index (χ0n) is 11.7. The smallest absolute Gasteiger partial charge is 0.223 e. The lowest BCUT2D eigenvalue weighted by Crippen LogP contribution is -2.42. The van der Waals surface area contributed by atoms with Gasteiger partial charge in [0, 0.05) is 19.0 Å². The molecule has 1 unspecified atom stereocenters. The largest absolute Gasteiger partial charge is 0.352 e. The van der Waals surface area contributed by atoms with Crippen LogP contribution in [0.1, 0.15) is 46.0 Å². The summed E-state index contributed by atoms with van der Waals surface area (Å²) in [4.78, 5) is 12.3. The summed E-state index contributed by atoms with van der Waals surface area (Å²) in [5.74, 6) is 0.465. The second-order valence-electron chi connectivity index (χ2n) is 6.32. The molecule has 1 fully saturated rings. The van der Waals surface area contributed by atoms with Crippen molar-refractivity contribution >= 4 is 5.91 Å². The summed E-state index contributed by atoms with van der Waals surface area (Å²) < 4.78 is 0. The van der Waals surface area contributed by atoms with Gasteiger partial charge in [-0.2, -0.15) is 0 Å². The van der Waals surface area contributed by atoms with E-state index in [1.165, 1.54) is 24.8 Å². The van der Waals surface area contributed by atoms with Crippen LogP contribution in [-0.4, -0.2) is 25.5 Å². The van der Waals surface area contributed by atoms with Gasteiger partial charge in [0.15, 0.2) is 0 Å². The Balaban J connectivity index is 1.85. The molecule has 3 heteroatoms. The van der Waals surface area contributed by atoms with Crippen LogP contribution < -0.4 is 10.6 Å². The first-order chi connectivity index (χ1) is 8.59. The average Bonchev–Trinajstić information content (AvgIpc) is 2.37. The van der Waals surface area contributed by atoms with Gasteiger partial charge >= 0.3 is 0 Å². The van der Waals surface area contributed by atoms with Crippen LogP contribution >= 0.6 is 0 Å². The second-order valence-corrected chi connectivity index (χ2v) is 6.32. The maximum absolute atomic E-state index is 12.3. The SMILES string of the molecule is CC1(C)CCCCC1C(=O)NCC1=CCNCC1. The first kappa shape index (κ1) is 13.6. The molecule has 102 valence electrons. The molecule has 2 aliphatic rings. The Bertz CT molecular complexity index is 333. The van der Waals surface area contributed by atoms with Crippen LogP contribution in [0.3, 0.4) is 0 Å². The Labute approximate surface area is 110 Å². The molecule has 1 aliphatic carbocycles. The topological polar surface area (TPSA) is 41.1 Å². The van der Waals surface area contributed by atoms with Gasteiger partial charge in [0.05, 0.1) is 0 Å². The summed E-state index contributed by atoms with van der Waals surface area (Å²) >= 11 is 0. The fourth-order valence-corrected chi connectivity index (χ4v) is 3.13. The zero-order valence-corrected chi connectivity index (χ0v) is 11.7. The lowest BCUT2D eigenvalue weighted by Gasteiger charge is -2.37. The highest BCUT2D eigenvalue weighted by molar-refractivity contribution is 5.79. The Kier molecular flexibility index (Phi) is 4.44. The molecule has 0 radical (unpaired) electrons. The van der Waals surface area contributed by atoms with E-state index in [9.17, 15) is 4.79 Å². The lowest BCUT2D eigenvalue weighted by molar-refractivity contribution is -0.130. The molecule has 1 aliphatic heterocycles. The van der Waals surface area contributed by atoms with Crippen LogP contribution in [0.2, 0.25) is 0 Å². The molecule has 0 bridgehead atoms. The number of hydrogen-bond acceptors (Lipinski definition) is 2. The predicted octanol–water partition coefficient (Wildman–Crippen LogP) is 2.24. The summed E-state index contributed by atoms with van der Waals surface area (Å²) in [6.45, 7) is 7.20.